The normalized spacial score (nSPS) is 21.3. The van der Waals surface area contributed by atoms with Crippen molar-refractivity contribution in [2.75, 3.05) is 32.8 Å². The average Bonchev–Trinajstić information content (AvgIpc) is 2.81. The number of piperazine rings is 1. The van der Waals surface area contributed by atoms with Gasteiger partial charge in [-0.2, -0.15) is 0 Å². The van der Waals surface area contributed by atoms with E-state index in [0.29, 0.717) is 49.8 Å². The molecule has 2 heterocycles. The Bertz CT molecular complexity index is 805. The van der Waals surface area contributed by atoms with Gasteiger partial charge in [-0.25, -0.2) is 0 Å². The molecule has 2 aliphatic rings. The van der Waals surface area contributed by atoms with Crippen molar-refractivity contribution in [1.29, 1.82) is 0 Å². The number of nitrogens with zero attached hydrogens (tertiary/aromatic N) is 3. The van der Waals surface area contributed by atoms with E-state index < -0.39 is 0 Å². The highest BCUT2D eigenvalue weighted by Crippen LogP contribution is 2.23. The number of carbonyl (C=O) groups excluding carboxylic acids is 3. The molecule has 2 aliphatic heterocycles. The van der Waals surface area contributed by atoms with Crippen molar-refractivity contribution >= 4 is 17.7 Å². The third kappa shape index (κ3) is 6.71. The van der Waals surface area contributed by atoms with Gasteiger partial charge < -0.3 is 19.4 Å². The molecular weight excluding hydrogens is 418 g/mol. The number of rotatable bonds is 7. The molecule has 33 heavy (non-hydrogen) atoms. The van der Waals surface area contributed by atoms with E-state index >= 15 is 0 Å². The summed E-state index contributed by atoms with van der Waals surface area (Å²) in [5.74, 6) is 1.25. The molecule has 3 amide bonds. The fraction of sp³-hybridized carbons (Fsp3) is 0.654. The molecule has 0 saturated carbocycles. The summed E-state index contributed by atoms with van der Waals surface area (Å²) in [5.41, 5.74) is 0.589. The van der Waals surface area contributed by atoms with Crippen molar-refractivity contribution in [1.82, 2.24) is 14.7 Å². The first-order valence-electron chi connectivity index (χ1n) is 12.4. The monoisotopic (exact) mass is 457 g/mol. The first-order valence-corrected chi connectivity index (χ1v) is 12.4. The molecule has 0 bridgehead atoms. The highest BCUT2D eigenvalue weighted by Gasteiger charge is 2.29. The van der Waals surface area contributed by atoms with Crippen LogP contribution in [0, 0.1) is 5.92 Å². The van der Waals surface area contributed by atoms with Gasteiger partial charge in [-0.1, -0.05) is 13.8 Å². The molecule has 1 aromatic carbocycles. The highest BCUT2D eigenvalue weighted by atomic mass is 16.5. The third-order valence-corrected chi connectivity index (χ3v) is 6.80. The standard InChI is InChI=1S/C26H39N3O4/c1-19(2)8-13-24(30)27-14-16-28(17-15-27)26(32)22-9-11-23(12-10-22)33-18-25(31)29-20(3)6-5-7-21(29)4/h9-12,19-21H,5-8,13-18H2,1-4H3. The molecule has 1 aromatic rings. The highest BCUT2D eigenvalue weighted by molar-refractivity contribution is 5.94. The number of benzene rings is 1. The fourth-order valence-corrected chi connectivity index (χ4v) is 4.74. The van der Waals surface area contributed by atoms with E-state index in [9.17, 15) is 14.4 Å². The topological polar surface area (TPSA) is 70.2 Å². The van der Waals surface area contributed by atoms with E-state index in [0.717, 1.165) is 25.7 Å². The van der Waals surface area contributed by atoms with Crippen molar-refractivity contribution in [3.05, 3.63) is 29.8 Å². The van der Waals surface area contributed by atoms with Crippen LogP contribution in [-0.4, -0.2) is 77.3 Å². The van der Waals surface area contributed by atoms with Gasteiger partial charge in [0.15, 0.2) is 6.61 Å². The van der Waals surface area contributed by atoms with Crippen LogP contribution in [0.5, 0.6) is 5.75 Å². The van der Waals surface area contributed by atoms with E-state index in [2.05, 4.69) is 27.7 Å². The second-order valence-electron chi connectivity index (χ2n) is 9.85. The minimum atomic E-state index is -0.0390. The zero-order chi connectivity index (χ0) is 24.0. The van der Waals surface area contributed by atoms with Crippen LogP contribution >= 0.6 is 0 Å². The molecule has 7 nitrogen and oxygen atoms in total. The number of hydrogen-bond acceptors (Lipinski definition) is 4. The molecule has 2 unspecified atom stereocenters. The number of likely N-dealkylation sites (tertiary alicyclic amines) is 1. The van der Waals surface area contributed by atoms with E-state index in [-0.39, 0.29) is 36.4 Å². The Hall–Kier alpha value is -2.57. The number of carbonyl (C=O) groups is 3. The maximum atomic E-state index is 12.9. The van der Waals surface area contributed by atoms with Crippen molar-refractivity contribution < 1.29 is 19.1 Å². The zero-order valence-electron chi connectivity index (χ0n) is 20.6. The summed E-state index contributed by atoms with van der Waals surface area (Å²) in [4.78, 5) is 43.4. The predicted molar refractivity (Wildman–Crippen MR) is 128 cm³/mol. The number of ether oxygens (including phenoxy) is 1. The van der Waals surface area contributed by atoms with E-state index in [1.165, 1.54) is 0 Å². The molecule has 0 spiro atoms. The fourth-order valence-electron chi connectivity index (χ4n) is 4.74. The summed E-state index contributed by atoms with van der Waals surface area (Å²) in [6.07, 6.45) is 4.70. The summed E-state index contributed by atoms with van der Waals surface area (Å²) in [7, 11) is 0. The first-order chi connectivity index (χ1) is 15.8. The zero-order valence-corrected chi connectivity index (χ0v) is 20.6. The quantitative estimate of drug-likeness (QED) is 0.628. The lowest BCUT2D eigenvalue weighted by Gasteiger charge is -2.39. The van der Waals surface area contributed by atoms with Gasteiger partial charge in [-0.05, 0) is 69.7 Å². The summed E-state index contributed by atoms with van der Waals surface area (Å²) in [6, 6.07) is 7.47. The van der Waals surface area contributed by atoms with Gasteiger partial charge in [0.2, 0.25) is 5.91 Å². The van der Waals surface area contributed by atoms with Gasteiger partial charge in [0.1, 0.15) is 5.75 Å². The SMILES string of the molecule is CC(C)CCC(=O)N1CCN(C(=O)c2ccc(OCC(=O)N3C(C)CCCC3C)cc2)CC1. The molecule has 0 N–H and O–H groups in total. The minimum absolute atomic E-state index is 0.00870. The van der Waals surface area contributed by atoms with Crippen LogP contribution in [-0.2, 0) is 9.59 Å². The van der Waals surface area contributed by atoms with Gasteiger partial charge in [0, 0.05) is 50.2 Å². The molecule has 182 valence electrons. The Morgan fingerprint density at radius 3 is 2.06 bits per heavy atom. The van der Waals surface area contributed by atoms with Gasteiger partial charge in [0.05, 0.1) is 0 Å². The Labute approximate surface area is 198 Å². The molecule has 7 heteroatoms. The van der Waals surface area contributed by atoms with Crippen LogP contribution < -0.4 is 4.74 Å². The lowest BCUT2D eigenvalue weighted by molar-refractivity contribution is -0.139. The van der Waals surface area contributed by atoms with Crippen LogP contribution in [0.4, 0.5) is 0 Å². The lowest BCUT2D eigenvalue weighted by atomic mass is 9.97. The third-order valence-electron chi connectivity index (χ3n) is 6.80. The summed E-state index contributed by atoms with van der Waals surface area (Å²) >= 11 is 0. The molecule has 2 saturated heterocycles. The Kier molecular flexibility index (Phi) is 8.75. The maximum absolute atomic E-state index is 12.9. The Morgan fingerprint density at radius 1 is 0.909 bits per heavy atom. The van der Waals surface area contributed by atoms with Crippen LogP contribution in [0.25, 0.3) is 0 Å². The second-order valence-corrected chi connectivity index (χ2v) is 9.85. The van der Waals surface area contributed by atoms with Crippen molar-refractivity contribution in [3.63, 3.8) is 0 Å². The Balaban J connectivity index is 1.46. The van der Waals surface area contributed by atoms with Crippen molar-refractivity contribution in [2.24, 2.45) is 5.92 Å². The van der Waals surface area contributed by atoms with Crippen molar-refractivity contribution in [2.45, 2.75) is 71.9 Å². The average molecular weight is 458 g/mol. The maximum Gasteiger partial charge on any atom is 0.260 e. The van der Waals surface area contributed by atoms with Crippen LogP contribution in [0.3, 0.4) is 0 Å². The predicted octanol–water partition coefficient (Wildman–Crippen LogP) is 3.58. The minimum Gasteiger partial charge on any atom is -0.484 e. The molecule has 0 radical (unpaired) electrons. The number of amides is 3. The van der Waals surface area contributed by atoms with Gasteiger partial charge in [0.25, 0.3) is 11.8 Å². The van der Waals surface area contributed by atoms with Gasteiger partial charge in [-0.15, -0.1) is 0 Å². The Morgan fingerprint density at radius 2 is 1.48 bits per heavy atom. The van der Waals surface area contributed by atoms with Crippen LogP contribution in [0.1, 0.15) is 70.2 Å². The smallest absolute Gasteiger partial charge is 0.260 e. The van der Waals surface area contributed by atoms with E-state index in [4.69, 9.17) is 4.74 Å². The second kappa shape index (κ2) is 11.5. The summed E-state index contributed by atoms with van der Waals surface area (Å²) in [6.45, 7) is 10.7. The molecule has 2 atom stereocenters. The van der Waals surface area contributed by atoms with Crippen LogP contribution in [0.2, 0.25) is 0 Å². The van der Waals surface area contributed by atoms with E-state index in [1.807, 2.05) is 9.80 Å². The largest absolute Gasteiger partial charge is 0.484 e. The molecule has 0 aromatic heterocycles. The van der Waals surface area contributed by atoms with Crippen LogP contribution in [0.15, 0.2) is 24.3 Å². The first kappa shape index (κ1) is 25.1. The summed E-state index contributed by atoms with van der Waals surface area (Å²) < 4.78 is 5.72. The number of piperidine rings is 1. The van der Waals surface area contributed by atoms with Crippen molar-refractivity contribution in [3.8, 4) is 5.75 Å². The lowest BCUT2D eigenvalue weighted by Crippen LogP contribution is -2.50. The molecule has 2 fully saturated rings. The number of hydrogen-bond donors (Lipinski definition) is 0. The molecule has 3 rings (SSSR count). The molecular formula is C26H39N3O4. The van der Waals surface area contributed by atoms with Gasteiger partial charge >= 0.3 is 0 Å². The van der Waals surface area contributed by atoms with Gasteiger partial charge in [-0.3, -0.25) is 14.4 Å². The molecule has 0 aliphatic carbocycles. The summed E-state index contributed by atoms with van der Waals surface area (Å²) in [5, 5.41) is 0. The van der Waals surface area contributed by atoms with E-state index in [1.54, 1.807) is 29.2 Å².